The minimum atomic E-state index is -2.20. The zero-order valence-corrected chi connectivity index (χ0v) is 7.36. The van der Waals surface area contributed by atoms with Crippen LogP contribution in [0.3, 0.4) is 0 Å². The van der Waals surface area contributed by atoms with Crippen LogP contribution < -0.4 is 5.32 Å². The molecule has 1 aromatic heterocycles. The Morgan fingerprint density at radius 2 is 2.23 bits per heavy atom. The van der Waals surface area contributed by atoms with Gasteiger partial charge in [-0.15, -0.1) is 0 Å². The minimum absolute atomic E-state index is 0.587. The highest BCUT2D eigenvalue weighted by Crippen LogP contribution is 2.06. The Balaban J connectivity index is 2.69. The molecular formula is C7H7N3O2S. The van der Waals surface area contributed by atoms with Gasteiger partial charge in [-0.3, -0.25) is 4.98 Å². The van der Waals surface area contributed by atoms with E-state index in [1.807, 2.05) is 0 Å². The summed E-state index contributed by atoms with van der Waals surface area (Å²) in [5, 5.41) is 9.94. The van der Waals surface area contributed by atoms with Crippen LogP contribution in [-0.2, 0) is 11.1 Å². The molecule has 0 bridgehead atoms. The lowest BCUT2D eigenvalue weighted by Crippen LogP contribution is -2.22. The van der Waals surface area contributed by atoms with E-state index >= 15 is 0 Å². The highest BCUT2D eigenvalue weighted by Gasteiger charge is 2.12. The molecule has 5 nitrogen and oxygen atoms in total. The quantitative estimate of drug-likeness (QED) is 0.691. The number of nitrogens with zero attached hydrogens (tertiary/aromatic N) is 2. The molecule has 0 saturated heterocycles. The van der Waals surface area contributed by atoms with E-state index in [1.54, 1.807) is 18.2 Å². The second kappa shape index (κ2) is 4.54. The monoisotopic (exact) mass is 197 g/mol. The molecule has 6 heteroatoms. The first-order valence-corrected chi connectivity index (χ1v) is 4.57. The summed E-state index contributed by atoms with van der Waals surface area (Å²) in [6.07, 6.45) is 3.05. The summed E-state index contributed by atoms with van der Waals surface area (Å²) < 4.78 is 19.2. The Bertz CT molecular complexity index is 335. The summed E-state index contributed by atoms with van der Waals surface area (Å²) in [6, 6.07) is 4.88. The largest absolute Gasteiger partial charge is 0.358 e. The molecule has 0 aromatic carbocycles. The predicted molar refractivity (Wildman–Crippen MR) is 48.0 cm³/mol. The smallest absolute Gasteiger partial charge is 0.216 e. The van der Waals surface area contributed by atoms with Crippen molar-refractivity contribution in [2.45, 2.75) is 5.37 Å². The van der Waals surface area contributed by atoms with Crippen LogP contribution in [0.1, 0.15) is 0 Å². The molecule has 0 radical (unpaired) electrons. The molecule has 0 saturated carbocycles. The number of nitriles is 1. The van der Waals surface area contributed by atoms with Crippen molar-refractivity contribution < 1.29 is 8.76 Å². The van der Waals surface area contributed by atoms with Crippen LogP contribution in [0.4, 0.5) is 5.69 Å². The number of anilines is 1. The second-order valence-corrected chi connectivity index (χ2v) is 3.19. The van der Waals surface area contributed by atoms with Crippen molar-refractivity contribution in [2.24, 2.45) is 0 Å². The van der Waals surface area contributed by atoms with Gasteiger partial charge in [0.1, 0.15) is 6.07 Å². The first kappa shape index (κ1) is 9.64. The second-order valence-electron chi connectivity index (χ2n) is 2.17. The van der Waals surface area contributed by atoms with Crippen molar-refractivity contribution in [1.29, 1.82) is 5.26 Å². The number of pyridine rings is 1. The Morgan fingerprint density at radius 3 is 2.69 bits per heavy atom. The molecule has 2 unspecified atom stereocenters. The van der Waals surface area contributed by atoms with E-state index in [2.05, 4.69) is 10.3 Å². The van der Waals surface area contributed by atoms with Gasteiger partial charge in [0.25, 0.3) is 0 Å². The van der Waals surface area contributed by atoms with Gasteiger partial charge in [0, 0.05) is 18.1 Å². The maximum absolute atomic E-state index is 10.5. The van der Waals surface area contributed by atoms with Gasteiger partial charge < -0.3 is 9.87 Å². The van der Waals surface area contributed by atoms with Gasteiger partial charge in [-0.2, -0.15) is 5.26 Å². The van der Waals surface area contributed by atoms with Crippen LogP contribution in [0.2, 0.25) is 0 Å². The summed E-state index contributed by atoms with van der Waals surface area (Å²) in [7, 11) is 0. The lowest BCUT2D eigenvalue weighted by Gasteiger charge is -2.07. The van der Waals surface area contributed by atoms with Crippen LogP contribution in [-0.4, -0.2) is 19.1 Å². The van der Waals surface area contributed by atoms with Crippen molar-refractivity contribution in [1.82, 2.24) is 4.98 Å². The fraction of sp³-hybridized carbons (Fsp3) is 0.143. The lowest BCUT2D eigenvalue weighted by molar-refractivity contribution is 0.560. The van der Waals surface area contributed by atoms with Crippen LogP contribution >= 0.6 is 0 Å². The normalized spacial score (nSPS) is 14.2. The molecule has 1 heterocycles. The number of hydrogen-bond donors (Lipinski definition) is 2. The standard InChI is InChI=1S/C7H7N3O2S/c8-5-7(13(11)12)10-6-1-3-9-4-2-6/h1-4,7H,(H,9,10)(H,11,12). The molecule has 1 aromatic rings. The van der Waals surface area contributed by atoms with E-state index in [1.165, 1.54) is 12.4 Å². The van der Waals surface area contributed by atoms with Gasteiger partial charge in [-0.25, -0.2) is 4.21 Å². The highest BCUT2D eigenvalue weighted by atomic mass is 32.2. The third kappa shape index (κ3) is 2.82. The SMILES string of the molecule is N#CC(Nc1ccncc1)S(=O)O. The Morgan fingerprint density at radius 1 is 1.62 bits per heavy atom. The molecule has 0 fully saturated rings. The van der Waals surface area contributed by atoms with E-state index in [9.17, 15) is 4.21 Å². The third-order valence-electron chi connectivity index (χ3n) is 1.30. The zero-order chi connectivity index (χ0) is 9.68. The van der Waals surface area contributed by atoms with Crippen molar-refractivity contribution >= 4 is 16.8 Å². The molecule has 13 heavy (non-hydrogen) atoms. The van der Waals surface area contributed by atoms with Crippen molar-refractivity contribution in [3.8, 4) is 6.07 Å². The average molecular weight is 197 g/mol. The molecule has 0 aliphatic rings. The molecule has 0 aliphatic heterocycles. The minimum Gasteiger partial charge on any atom is -0.358 e. The third-order valence-corrected chi connectivity index (χ3v) is 1.92. The van der Waals surface area contributed by atoms with E-state index in [-0.39, 0.29) is 0 Å². The number of aromatic nitrogens is 1. The van der Waals surface area contributed by atoms with Gasteiger partial charge in [0.15, 0.2) is 11.1 Å². The van der Waals surface area contributed by atoms with Crippen molar-refractivity contribution in [3.63, 3.8) is 0 Å². The fourth-order valence-corrected chi connectivity index (χ4v) is 1.05. The first-order chi connectivity index (χ1) is 6.24. The van der Waals surface area contributed by atoms with Crippen LogP contribution in [0.25, 0.3) is 0 Å². The van der Waals surface area contributed by atoms with E-state index in [0.717, 1.165) is 0 Å². The fourth-order valence-electron chi connectivity index (χ4n) is 0.727. The van der Waals surface area contributed by atoms with Gasteiger partial charge in [-0.05, 0) is 12.1 Å². The Kier molecular flexibility index (Phi) is 3.37. The summed E-state index contributed by atoms with van der Waals surface area (Å²) >= 11 is -2.20. The zero-order valence-electron chi connectivity index (χ0n) is 6.54. The van der Waals surface area contributed by atoms with Gasteiger partial charge in [0.05, 0.1) is 0 Å². The summed E-state index contributed by atoms with van der Waals surface area (Å²) in [5.74, 6) is 0. The Labute approximate surface area is 77.7 Å². The van der Waals surface area contributed by atoms with Gasteiger partial charge in [-0.1, -0.05) is 0 Å². The molecule has 0 amide bonds. The topological polar surface area (TPSA) is 86.0 Å². The highest BCUT2D eigenvalue weighted by molar-refractivity contribution is 7.80. The predicted octanol–water partition coefficient (Wildman–Crippen LogP) is 0.565. The van der Waals surface area contributed by atoms with Crippen LogP contribution in [0.15, 0.2) is 24.5 Å². The first-order valence-electron chi connectivity index (χ1n) is 3.40. The van der Waals surface area contributed by atoms with Crippen molar-refractivity contribution in [2.75, 3.05) is 5.32 Å². The molecule has 0 spiro atoms. The molecule has 68 valence electrons. The number of nitrogens with one attached hydrogen (secondary N) is 1. The maximum atomic E-state index is 10.5. The lowest BCUT2D eigenvalue weighted by atomic mass is 10.4. The molecule has 0 aliphatic carbocycles. The summed E-state index contributed by atoms with van der Waals surface area (Å²) in [4.78, 5) is 3.76. The van der Waals surface area contributed by atoms with Crippen LogP contribution in [0, 0.1) is 11.3 Å². The average Bonchev–Trinajstić information content (AvgIpc) is 2.15. The number of hydrogen-bond acceptors (Lipinski definition) is 4. The summed E-state index contributed by atoms with van der Waals surface area (Å²) in [5.41, 5.74) is 0.587. The number of rotatable bonds is 3. The molecular weight excluding hydrogens is 190 g/mol. The summed E-state index contributed by atoms with van der Waals surface area (Å²) in [6.45, 7) is 0. The van der Waals surface area contributed by atoms with Crippen molar-refractivity contribution in [3.05, 3.63) is 24.5 Å². The maximum Gasteiger partial charge on any atom is 0.216 e. The Hall–Kier alpha value is -1.45. The van der Waals surface area contributed by atoms with E-state index < -0.39 is 16.5 Å². The van der Waals surface area contributed by atoms with Gasteiger partial charge >= 0.3 is 0 Å². The van der Waals surface area contributed by atoms with Gasteiger partial charge in [0.2, 0.25) is 5.37 Å². The molecule has 2 N–H and O–H groups in total. The van der Waals surface area contributed by atoms with E-state index in [0.29, 0.717) is 5.69 Å². The molecule has 1 rings (SSSR count). The molecule has 2 atom stereocenters. The van der Waals surface area contributed by atoms with Crippen LogP contribution in [0.5, 0.6) is 0 Å². The van der Waals surface area contributed by atoms with E-state index in [4.69, 9.17) is 9.81 Å².